The van der Waals surface area contributed by atoms with E-state index in [9.17, 15) is 9.59 Å². The summed E-state index contributed by atoms with van der Waals surface area (Å²) >= 11 is 0. The maximum atomic E-state index is 12.8. The van der Waals surface area contributed by atoms with Crippen LogP contribution in [0, 0.1) is 0 Å². The molecule has 1 N–H and O–H groups in total. The summed E-state index contributed by atoms with van der Waals surface area (Å²) in [5.74, 6) is 0.544. The Kier molecular flexibility index (Phi) is 6.59. The Balaban J connectivity index is 1.80. The van der Waals surface area contributed by atoms with E-state index in [2.05, 4.69) is 10.3 Å². The first-order chi connectivity index (χ1) is 14.2. The zero-order valence-corrected chi connectivity index (χ0v) is 17.9. The van der Waals surface area contributed by atoms with Crippen LogP contribution in [0.25, 0.3) is 0 Å². The van der Waals surface area contributed by atoms with Gasteiger partial charge in [-0.2, -0.15) is 0 Å². The number of hydrogen-bond donors (Lipinski definition) is 1. The molecule has 2 amide bonds. The molecule has 1 aliphatic rings. The fourth-order valence-corrected chi connectivity index (χ4v) is 3.57. The van der Waals surface area contributed by atoms with E-state index in [4.69, 9.17) is 9.47 Å². The van der Waals surface area contributed by atoms with Crippen molar-refractivity contribution < 1.29 is 19.1 Å². The summed E-state index contributed by atoms with van der Waals surface area (Å²) in [6.45, 7) is 6.42. The third kappa shape index (κ3) is 5.72. The summed E-state index contributed by atoms with van der Waals surface area (Å²) in [4.78, 5) is 31.2. The van der Waals surface area contributed by atoms with Gasteiger partial charge in [0.25, 0.3) is 5.91 Å². The first-order valence-electron chi connectivity index (χ1n) is 10.1. The maximum Gasteiger partial charge on any atom is 0.410 e. The number of carbonyl (C=O) groups is 2. The summed E-state index contributed by atoms with van der Waals surface area (Å²) in [6, 6.07) is 12.8. The third-order valence-electron chi connectivity index (χ3n) is 4.90. The van der Waals surface area contributed by atoms with Crippen molar-refractivity contribution in [3.8, 4) is 5.75 Å². The topological polar surface area (TPSA) is 80.8 Å². The molecule has 7 heteroatoms. The van der Waals surface area contributed by atoms with Gasteiger partial charge in [0, 0.05) is 31.2 Å². The Hall–Kier alpha value is -3.09. The molecule has 0 aliphatic carbocycles. The van der Waals surface area contributed by atoms with E-state index in [-0.39, 0.29) is 24.0 Å². The Morgan fingerprint density at radius 1 is 1.13 bits per heavy atom. The van der Waals surface area contributed by atoms with E-state index in [0.29, 0.717) is 25.2 Å². The normalized spacial score (nSPS) is 19.1. The lowest BCUT2D eigenvalue weighted by atomic mass is 9.88. The largest absolute Gasteiger partial charge is 0.497 e. The van der Waals surface area contributed by atoms with E-state index in [1.54, 1.807) is 36.4 Å². The molecule has 0 radical (unpaired) electrons. The van der Waals surface area contributed by atoms with E-state index in [1.165, 1.54) is 0 Å². The SMILES string of the molecule is COc1cccc(C2CC(NC(=O)c3ccccn3)CN(C(=O)OC(C)(C)C)C2)c1. The molecule has 30 heavy (non-hydrogen) atoms. The highest BCUT2D eigenvalue weighted by Gasteiger charge is 2.34. The molecule has 0 bridgehead atoms. The highest BCUT2D eigenvalue weighted by Crippen LogP contribution is 2.30. The monoisotopic (exact) mass is 411 g/mol. The molecule has 2 heterocycles. The third-order valence-corrected chi connectivity index (χ3v) is 4.90. The number of rotatable bonds is 4. The minimum atomic E-state index is -0.591. The number of aromatic nitrogens is 1. The highest BCUT2D eigenvalue weighted by atomic mass is 16.6. The second kappa shape index (κ2) is 9.15. The number of amides is 2. The maximum absolute atomic E-state index is 12.8. The number of likely N-dealkylation sites (tertiary alicyclic amines) is 1. The smallest absolute Gasteiger partial charge is 0.410 e. The van der Waals surface area contributed by atoms with Gasteiger partial charge in [-0.05, 0) is 57.0 Å². The zero-order chi connectivity index (χ0) is 21.7. The van der Waals surface area contributed by atoms with Gasteiger partial charge >= 0.3 is 6.09 Å². The van der Waals surface area contributed by atoms with Gasteiger partial charge in [0.1, 0.15) is 17.0 Å². The lowest BCUT2D eigenvalue weighted by Crippen LogP contribution is -2.53. The van der Waals surface area contributed by atoms with E-state index >= 15 is 0 Å². The zero-order valence-electron chi connectivity index (χ0n) is 17.9. The van der Waals surface area contributed by atoms with Crippen LogP contribution in [0.3, 0.4) is 0 Å². The molecule has 2 atom stereocenters. The minimum Gasteiger partial charge on any atom is -0.497 e. The quantitative estimate of drug-likeness (QED) is 0.831. The number of benzene rings is 1. The fraction of sp³-hybridized carbons (Fsp3) is 0.435. The average Bonchev–Trinajstić information content (AvgIpc) is 2.73. The lowest BCUT2D eigenvalue weighted by Gasteiger charge is -2.38. The molecular weight excluding hydrogens is 382 g/mol. The number of nitrogens with one attached hydrogen (secondary N) is 1. The van der Waals surface area contributed by atoms with Gasteiger partial charge in [0.2, 0.25) is 0 Å². The molecule has 1 aromatic heterocycles. The summed E-state index contributed by atoms with van der Waals surface area (Å²) < 4.78 is 10.9. The number of hydrogen-bond acceptors (Lipinski definition) is 5. The predicted octanol–water partition coefficient (Wildman–Crippen LogP) is 3.61. The molecule has 7 nitrogen and oxygen atoms in total. The predicted molar refractivity (Wildman–Crippen MR) is 114 cm³/mol. The van der Waals surface area contributed by atoms with Crippen LogP contribution in [-0.4, -0.2) is 53.7 Å². The second-order valence-electron chi connectivity index (χ2n) is 8.48. The van der Waals surface area contributed by atoms with Crippen molar-refractivity contribution in [3.05, 3.63) is 59.9 Å². The van der Waals surface area contributed by atoms with Crippen molar-refractivity contribution in [3.63, 3.8) is 0 Å². The second-order valence-corrected chi connectivity index (χ2v) is 8.48. The summed E-state index contributed by atoms with van der Waals surface area (Å²) in [5.41, 5.74) is 0.816. The van der Waals surface area contributed by atoms with Crippen molar-refractivity contribution >= 4 is 12.0 Å². The van der Waals surface area contributed by atoms with Crippen LogP contribution < -0.4 is 10.1 Å². The minimum absolute atomic E-state index is 0.0374. The molecular formula is C23H29N3O4. The molecule has 1 saturated heterocycles. The Morgan fingerprint density at radius 2 is 1.93 bits per heavy atom. The van der Waals surface area contributed by atoms with Gasteiger partial charge in [-0.1, -0.05) is 18.2 Å². The van der Waals surface area contributed by atoms with Crippen molar-refractivity contribution in [1.82, 2.24) is 15.2 Å². The van der Waals surface area contributed by atoms with Crippen molar-refractivity contribution in [2.45, 2.75) is 44.8 Å². The van der Waals surface area contributed by atoms with Gasteiger partial charge in [0.05, 0.1) is 7.11 Å². The van der Waals surface area contributed by atoms with Gasteiger partial charge in [-0.25, -0.2) is 4.79 Å². The van der Waals surface area contributed by atoms with Crippen molar-refractivity contribution in [2.75, 3.05) is 20.2 Å². The molecule has 0 saturated carbocycles. The van der Waals surface area contributed by atoms with Crippen LogP contribution in [0.5, 0.6) is 5.75 Å². The summed E-state index contributed by atoms with van der Waals surface area (Å²) in [6.07, 6.45) is 1.90. The standard InChI is InChI=1S/C23H29N3O4/c1-23(2,3)30-22(28)26-14-17(16-8-7-9-19(13-16)29-4)12-18(15-26)25-21(27)20-10-5-6-11-24-20/h5-11,13,17-18H,12,14-15H2,1-4H3,(H,25,27). The molecule has 0 spiro atoms. The first kappa shape index (κ1) is 21.6. The summed E-state index contributed by atoms with van der Waals surface area (Å²) in [5, 5.41) is 3.03. The fourth-order valence-electron chi connectivity index (χ4n) is 3.57. The molecule has 1 fully saturated rings. The van der Waals surface area contributed by atoms with Crippen LogP contribution in [-0.2, 0) is 4.74 Å². The van der Waals surface area contributed by atoms with Crippen molar-refractivity contribution in [1.29, 1.82) is 0 Å². The number of pyridine rings is 1. The van der Waals surface area contributed by atoms with E-state index in [1.807, 2.05) is 45.0 Å². The van der Waals surface area contributed by atoms with Gasteiger partial charge in [-0.15, -0.1) is 0 Å². The molecule has 2 unspecified atom stereocenters. The van der Waals surface area contributed by atoms with Gasteiger partial charge < -0.3 is 19.7 Å². The van der Waals surface area contributed by atoms with Crippen LogP contribution in [0.15, 0.2) is 48.7 Å². The highest BCUT2D eigenvalue weighted by molar-refractivity contribution is 5.92. The molecule has 3 rings (SSSR count). The van der Waals surface area contributed by atoms with Crippen molar-refractivity contribution in [2.24, 2.45) is 0 Å². The average molecular weight is 412 g/mol. The number of methoxy groups -OCH3 is 1. The molecule has 1 aromatic carbocycles. The molecule has 1 aliphatic heterocycles. The van der Waals surface area contributed by atoms with Crippen LogP contribution in [0.2, 0.25) is 0 Å². The van der Waals surface area contributed by atoms with E-state index < -0.39 is 5.60 Å². The summed E-state index contributed by atoms with van der Waals surface area (Å²) in [7, 11) is 1.63. The van der Waals surface area contributed by atoms with Gasteiger partial charge in [-0.3, -0.25) is 9.78 Å². The Morgan fingerprint density at radius 3 is 2.60 bits per heavy atom. The van der Waals surface area contributed by atoms with Crippen LogP contribution in [0.1, 0.15) is 49.2 Å². The molecule has 160 valence electrons. The number of piperidine rings is 1. The Labute approximate surface area is 177 Å². The van der Waals surface area contributed by atoms with E-state index in [0.717, 1.165) is 11.3 Å². The lowest BCUT2D eigenvalue weighted by molar-refractivity contribution is 0.0164. The number of ether oxygens (including phenoxy) is 2. The molecule has 2 aromatic rings. The van der Waals surface area contributed by atoms with Crippen LogP contribution in [0.4, 0.5) is 4.79 Å². The number of carbonyl (C=O) groups excluding carboxylic acids is 2. The Bertz CT molecular complexity index is 880. The van der Waals surface area contributed by atoms with Gasteiger partial charge in [0.15, 0.2) is 0 Å². The number of nitrogens with zero attached hydrogens (tertiary/aromatic N) is 2. The first-order valence-corrected chi connectivity index (χ1v) is 10.1. The van der Waals surface area contributed by atoms with Crippen LogP contribution >= 0.6 is 0 Å².